The van der Waals surface area contributed by atoms with Crippen molar-refractivity contribution in [2.45, 2.75) is 22.5 Å². The zero-order valence-electron chi connectivity index (χ0n) is 16.6. The van der Waals surface area contributed by atoms with E-state index in [1.165, 1.54) is 13.1 Å². The molecule has 0 bridgehead atoms. The number of hydrogen-bond donors (Lipinski definition) is 1. The van der Waals surface area contributed by atoms with Crippen molar-refractivity contribution in [3.05, 3.63) is 41.3 Å². The summed E-state index contributed by atoms with van der Waals surface area (Å²) in [5.74, 6) is 1.07. The standard InChI is InChI=1S/C20H24N2O6S2/c1-22(30(24,25)19-3-2-10-29-19)12-18(23)21-13-20(6-8-26-9-7-20)15-4-5-16-17(11-15)28-14-27-16/h2-5,10-11H,6-9,12-14H2,1H3,(H,21,23). The summed E-state index contributed by atoms with van der Waals surface area (Å²) in [6.07, 6.45) is 1.49. The summed E-state index contributed by atoms with van der Waals surface area (Å²) >= 11 is 1.13. The number of sulfonamides is 1. The van der Waals surface area contributed by atoms with E-state index < -0.39 is 10.0 Å². The molecule has 1 aromatic carbocycles. The number of thiophene rings is 1. The van der Waals surface area contributed by atoms with Crippen LogP contribution in [0.3, 0.4) is 0 Å². The summed E-state index contributed by atoms with van der Waals surface area (Å²) in [5.41, 5.74) is 0.745. The second-order valence-corrected chi connectivity index (χ2v) is 10.7. The zero-order valence-corrected chi connectivity index (χ0v) is 18.3. The number of nitrogens with zero attached hydrogens (tertiary/aromatic N) is 1. The Morgan fingerprint density at radius 1 is 1.20 bits per heavy atom. The molecule has 0 saturated carbocycles. The Hall–Kier alpha value is -2.14. The molecule has 1 saturated heterocycles. The number of rotatable bonds is 7. The van der Waals surface area contributed by atoms with Gasteiger partial charge in [-0.15, -0.1) is 11.3 Å². The first-order valence-corrected chi connectivity index (χ1v) is 12.0. The van der Waals surface area contributed by atoms with Gasteiger partial charge in [0.25, 0.3) is 10.0 Å². The van der Waals surface area contributed by atoms with Crippen LogP contribution in [0.2, 0.25) is 0 Å². The molecule has 4 rings (SSSR count). The Balaban J connectivity index is 1.45. The molecule has 2 aliphatic rings. The van der Waals surface area contributed by atoms with Gasteiger partial charge in [0, 0.05) is 32.2 Å². The van der Waals surface area contributed by atoms with Crippen LogP contribution in [0.1, 0.15) is 18.4 Å². The molecule has 0 aliphatic carbocycles. The molecule has 10 heteroatoms. The fourth-order valence-corrected chi connectivity index (χ4v) is 6.06. The number of amides is 1. The summed E-state index contributed by atoms with van der Waals surface area (Å²) in [6.45, 7) is 1.54. The molecule has 2 aromatic rings. The first-order valence-electron chi connectivity index (χ1n) is 9.65. The van der Waals surface area contributed by atoms with Gasteiger partial charge in [-0.05, 0) is 42.0 Å². The van der Waals surface area contributed by atoms with Gasteiger partial charge in [0.15, 0.2) is 11.5 Å². The van der Waals surface area contributed by atoms with Gasteiger partial charge in [-0.2, -0.15) is 4.31 Å². The van der Waals surface area contributed by atoms with Crippen LogP contribution in [0.15, 0.2) is 39.9 Å². The molecule has 1 N–H and O–H groups in total. The SMILES string of the molecule is CN(CC(=O)NCC1(c2ccc3c(c2)OCO3)CCOCC1)S(=O)(=O)c1cccs1. The quantitative estimate of drug-likeness (QED) is 0.690. The van der Waals surface area contributed by atoms with E-state index in [-0.39, 0.29) is 28.9 Å². The van der Waals surface area contributed by atoms with Crippen molar-refractivity contribution in [1.29, 1.82) is 0 Å². The minimum atomic E-state index is -3.67. The van der Waals surface area contributed by atoms with Crippen LogP contribution < -0.4 is 14.8 Å². The Bertz CT molecular complexity index is 1000. The second kappa shape index (κ2) is 8.54. The lowest BCUT2D eigenvalue weighted by Gasteiger charge is -2.38. The second-order valence-electron chi connectivity index (χ2n) is 7.43. The number of carbonyl (C=O) groups excluding carboxylic acids is 1. The van der Waals surface area contributed by atoms with Gasteiger partial charge in [0.05, 0.1) is 6.54 Å². The number of likely N-dealkylation sites (N-methyl/N-ethyl adjacent to an activating group) is 1. The van der Waals surface area contributed by atoms with Crippen molar-refractivity contribution < 1.29 is 27.4 Å². The molecule has 0 radical (unpaired) electrons. The molecule has 0 spiro atoms. The van der Waals surface area contributed by atoms with Crippen molar-refractivity contribution in [3.8, 4) is 11.5 Å². The third-order valence-electron chi connectivity index (χ3n) is 5.58. The van der Waals surface area contributed by atoms with E-state index in [1.807, 2.05) is 18.2 Å². The van der Waals surface area contributed by atoms with Crippen LogP contribution >= 0.6 is 11.3 Å². The van der Waals surface area contributed by atoms with Crippen molar-refractivity contribution >= 4 is 27.3 Å². The maximum Gasteiger partial charge on any atom is 0.252 e. The van der Waals surface area contributed by atoms with Crippen LogP contribution in [-0.4, -0.2) is 58.8 Å². The molecule has 3 heterocycles. The molecule has 0 unspecified atom stereocenters. The average Bonchev–Trinajstić information content (AvgIpc) is 3.44. The fourth-order valence-electron chi connectivity index (χ4n) is 3.73. The number of ether oxygens (including phenoxy) is 3. The van der Waals surface area contributed by atoms with Crippen molar-refractivity contribution in [1.82, 2.24) is 9.62 Å². The van der Waals surface area contributed by atoms with Gasteiger partial charge in [0.2, 0.25) is 12.7 Å². The zero-order chi connectivity index (χ0) is 21.2. The van der Waals surface area contributed by atoms with E-state index in [0.717, 1.165) is 34.0 Å². The maximum atomic E-state index is 12.6. The summed E-state index contributed by atoms with van der Waals surface area (Å²) in [5, 5.41) is 4.63. The van der Waals surface area contributed by atoms with Gasteiger partial charge in [-0.1, -0.05) is 12.1 Å². The van der Waals surface area contributed by atoms with Crippen molar-refractivity contribution in [2.75, 3.05) is 40.1 Å². The van der Waals surface area contributed by atoms with Crippen LogP contribution in [0, 0.1) is 0 Å². The normalized spacial score (nSPS) is 17.8. The van der Waals surface area contributed by atoms with Gasteiger partial charge in [-0.3, -0.25) is 4.79 Å². The highest BCUT2D eigenvalue weighted by Gasteiger charge is 2.36. The molecule has 1 amide bonds. The molecule has 162 valence electrons. The molecular weight excluding hydrogens is 428 g/mol. The molecule has 1 aromatic heterocycles. The van der Waals surface area contributed by atoms with Gasteiger partial charge < -0.3 is 19.5 Å². The highest BCUT2D eigenvalue weighted by atomic mass is 32.2. The molecule has 2 aliphatic heterocycles. The van der Waals surface area contributed by atoms with Gasteiger partial charge >= 0.3 is 0 Å². The first kappa shape index (κ1) is 21.1. The van der Waals surface area contributed by atoms with E-state index in [1.54, 1.807) is 11.4 Å². The highest BCUT2D eigenvalue weighted by molar-refractivity contribution is 7.91. The summed E-state index contributed by atoms with van der Waals surface area (Å²) in [6, 6.07) is 9.06. The van der Waals surface area contributed by atoms with Crippen LogP contribution in [0.4, 0.5) is 0 Å². The van der Waals surface area contributed by atoms with E-state index in [0.29, 0.717) is 31.3 Å². The lowest BCUT2D eigenvalue weighted by atomic mass is 9.74. The van der Waals surface area contributed by atoms with Crippen LogP contribution in [-0.2, 0) is 25.0 Å². The minimum absolute atomic E-state index is 0.205. The Morgan fingerprint density at radius 3 is 2.70 bits per heavy atom. The summed E-state index contributed by atoms with van der Waals surface area (Å²) in [4.78, 5) is 12.6. The number of nitrogens with one attached hydrogen (secondary N) is 1. The lowest BCUT2D eigenvalue weighted by Crippen LogP contribution is -2.47. The fraction of sp³-hybridized carbons (Fsp3) is 0.450. The number of hydrogen-bond acceptors (Lipinski definition) is 7. The Morgan fingerprint density at radius 2 is 1.97 bits per heavy atom. The molecule has 8 nitrogen and oxygen atoms in total. The average molecular weight is 453 g/mol. The Kier molecular flexibility index (Phi) is 6.01. The van der Waals surface area contributed by atoms with Crippen molar-refractivity contribution in [3.63, 3.8) is 0 Å². The smallest absolute Gasteiger partial charge is 0.252 e. The summed E-state index contributed by atoms with van der Waals surface area (Å²) in [7, 11) is -2.25. The molecule has 0 atom stereocenters. The van der Waals surface area contributed by atoms with E-state index >= 15 is 0 Å². The van der Waals surface area contributed by atoms with Crippen LogP contribution in [0.5, 0.6) is 11.5 Å². The maximum absolute atomic E-state index is 12.6. The van der Waals surface area contributed by atoms with Crippen LogP contribution in [0.25, 0.3) is 0 Å². The highest BCUT2D eigenvalue weighted by Crippen LogP contribution is 2.40. The molecular formula is C20H24N2O6S2. The third-order valence-corrected chi connectivity index (χ3v) is 8.76. The van der Waals surface area contributed by atoms with E-state index in [2.05, 4.69) is 5.32 Å². The van der Waals surface area contributed by atoms with E-state index in [9.17, 15) is 13.2 Å². The number of carbonyl (C=O) groups is 1. The monoisotopic (exact) mass is 452 g/mol. The topological polar surface area (TPSA) is 94.2 Å². The predicted molar refractivity (Wildman–Crippen MR) is 111 cm³/mol. The molecule has 1 fully saturated rings. The summed E-state index contributed by atoms with van der Waals surface area (Å²) < 4.78 is 42.8. The number of benzene rings is 1. The predicted octanol–water partition coefficient (Wildman–Crippen LogP) is 1.96. The minimum Gasteiger partial charge on any atom is -0.454 e. The molecule has 30 heavy (non-hydrogen) atoms. The van der Waals surface area contributed by atoms with Gasteiger partial charge in [0.1, 0.15) is 4.21 Å². The number of fused-ring (bicyclic) bond motifs is 1. The van der Waals surface area contributed by atoms with E-state index in [4.69, 9.17) is 14.2 Å². The van der Waals surface area contributed by atoms with Gasteiger partial charge in [-0.25, -0.2) is 8.42 Å². The lowest BCUT2D eigenvalue weighted by molar-refractivity contribution is -0.121. The third kappa shape index (κ3) is 4.18. The van der Waals surface area contributed by atoms with Crippen molar-refractivity contribution in [2.24, 2.45) is 0 Å². The Labute approximate surface area is 179 Å². The first-order chi connectivity index (χ1) is 14.4. The largest absolute Gasteiger partial charge is 0.454 e.